The Labute approximate surface area is 88.4 Å². The second-order valence-corrected chi connectivity index (χ2v) is 3.94. The van der Waals surface area contributed by atoms with Gasteiger partial charge in [0.1, 0.15) is 5.82 Å². The van der Waals surface area contributed by atoms with Crippen molar-refractivity contribution in [1.29, 1.82) is 0 Å². The first-order valence-electron chi connectivity index (χ1n) is 5.27. The molecule has 0 radical (unpaired) electrons. The molecule has 0 aliphatic heterocycles. The number of carbonyl (C=O) groups is 1. The summed E-state index contributed by atoms with van der Waals surface area (Å²) in [6.45, 7) is 2.10. The number of hydrogen-bond donors (Lipinski definition) is 1. The predicted octanol–water partition coefficient (Wildman–Crippen LogP) is 1.62. The molecule has 1 aromatic rings. The summed E-state index contributed by atoms with van der Waals surface area (Å²) >= 11 is 0. The van der Waals surface area contributed by atoms with Crippen LogP contribution in [0, 0.1) is 5.92 Å². The number of aromatic nitrogens is 2. The minimum absolute atomic E-state index is 0.0410. The number of aliphatic carboxylic acids is 1. The largest absolute Gasteiger partial charge is 0.481 e. The van der Waals surface area contributed by atoms with Gasteiger partial charge >= 0.3 is 5.97 Å². The molecule has 0 bridgehead atoms. The van der Waals surface area contributed by atoms with Crippen molar-refractivity contribution < 1.29 is 9.90 Å². The van der Waals surface area contributed by atoms with E-state index in [0.29, 0.717) is 12.2 Å². The van der Waals surface area contributed by atoms with Gasteiger partial charge in [-0.3, -0.25) is 4.79 Å². The van der Waals surface area contributed by atoms with Crippen molar-refractivity contribution in [2.24, 2.45) is 5.92 Å². The van der Waals surface area contributed by atoms with Gasteiger partial charge in [0.15, 0.2) is 0 Å². The van der Waals surface area contributed by atoms with Crippen LogP contribution in [0.4, 0.5) is 0 Å². The number of rotatable bonds is 4. The standard InChI is InChI=1S/C11H14N2O2/c1-2-3-7-4-5-12-10(13-7)8-6-9(8)11(14)15/h4-5,8-9H,2-3,6H2,1H3,(H,14,15). The van der Waals surface area contributed by atoms with Crippen molar-refractivity contribution >= 4 is 5.97 Å². The van der Waals surface area contributed by atoms with E-state index >= 15 is 0 Å². The fourth-order valence-electron chi connectivity index (χ4n) is 1.74. The molecule has 2 unspecified atom stereocenters. The van der Waals surface area contributed by atoms with E-state index in [1.54, 1.807) is 6.20 Å². The van der Waals surface area contributed by atoms with E-state index in [1.165, 1.54) is 0 Å². The summed E-state index contributed by atoms with van der Waals surface area (Å²) in [7, 11) is 0. The number of aryl methyl sites for hydroxylation is 1. The molecule has 4 heteroatoms. The Morgan fingerprint density at radius 2 is 2.47 bits per heavy atom. The van der Waals surface area contributed by atoms with Crippen LogP contribution < -0.4 is 0 Å². The minimum Gasteiger partial charge on any atom is -0.481 e. The van der Waals surface area contributed by atoms with E-state index in [-0.39, 0.29) is 11.8 Å². The van der Waals surface area contributed by atoms with Gasteiger partial charge in [0.2, 0.25) is 0 Å². The molecule has 1 N–H and O–H groups in total. The quantitative estimate of drug-likeness (QED) is 0.813. The summed E-state index contributed by atoms with van der Waals surface area (Å²) in [6, 6.07) is 1.89. The topological polar surface area (TPSA) is 63.1 Å². The third kappa shape index (κ3) is 2.14. The summed E-state index contributed by atoms with van der Waals surface area (Å²) in [5, 5.41) is 8.80. The molecule has 4 nitrogen and oxygen atoms in total. The monoisotopic (exact) mass is 206 g/mol. The van der Waals surface area contributed by atoms with Gasteiger partial charge in [-0.05, 0) is 18.9 Å². The van der Waals surface area contributed by atoms with Crippen LogP contribution in [0.2, 0.25) is 0 Å². The van der Waals surface area contributed by atoms with Crippen molar-refractivity contribution in [1.82, 2.24) is 9.97 Å². The summed E-state index contributed by atoms with van der Waals surface area (Å²) in [5.74, 6) is -0.251. The molecule has 1 heterocycles. The third-order valence-electron chi connectivity index (χ3n) is 2.68. The van der Waals surface area contributed by atoms with Gasteiger partial charge in [0.05, 0.1) is 5.92 Å². The zero-order valence-electron chi connectivity index (χ0n) is 8.68. The first-order valence-corrected chi connectivity index (χ1v) is 5.27. The van der Waals surface area contributed by atoms with E-state index in [2.05, 4.69) is 16.9 Å². The molecule has 0 saturated heterocycles. The summed E-state index contributed by atoms with van der Waals surface area (Å²) < 4.78 is 0. The van der Waals surface area contributed by atoms with Gasteiger partial charge < -0.3 is 5.11 Å². The SMILES string of the molecule is CCCc1ccnc(C2CC2C(=O)O)n1. The van der Waals surface area contributed by atoms with Gasteiger partial charge in [0.25, 0.3) is 0 Å². The second-order valence-electron chi connectivity index (χ2n) is 3.94. The predicted molar refractivity (Wildman–Crippen MR) is 54.5 cm³/mol. The molecule has 1 aliphatic carbocycles. The van der Waals surface area contributed by atoms with Crippen molar-refractivity contribution in [3.8, 4) is 0 Å². The van der Waals surface area contributed by atoms with Crippen LogP contribution in [0.5, 0.6) is 0 Å². The average Bonchev–Trinajstić information content (AvgIpc) is 2.98. The molecule has 1 saturated carbocycles. The third-order valence-corrected chi connectivity index (χ3v) is 2.68. The minimum atomic E-state index is -0.732. The first-order chi connectivity index (χ1) is 7.22. The highest BCUT2D eigenvalue weighted by atomic mass is 16.4. The van der Waals surface area contributed by atoms with E-state index in [9.17, 15) is 4.79 Å². The highest BCUT2D eigenvalue weighted by molar-refractivity contribution is 5.74. The molecule has 80 valence electrons. The maximum Gasteiger partial charge on any atom is 0.307 e. The Balaban J connectivity index is 2.10. The summed E-state index contributed by atoms with van der Waals surface area (Å²) in [5.41, 5.74) is 1.01. The first kappa shape index (κ1) is 10.1. The Kier molecular flexibility index (Phi) is 2.66. The van der Waals surface area contributed by atoms with E-state index < -0.39 is 5.97 Å². The van der Waals surface area contributed by atoms with Crippen LogP contribution in [0.25, 0.3) is 0 Å². The maximum atomic E-state index is 10.7. The van der Waals surface area contributed by atoms with E-state index in [1.807, 2.05) is 6.07 Å². The molecule has 1 fully saturated rings. The van der Waals surface area contributed by atoms with Gasteiger partial charge in [-0.2, -0.15) is 0 Å². The van der Waals surface area contributed by atoms with Crippen molar-refractivity contribution in [2.75, 3.05) is 0 Å². The molecule has 0 amide bonds. The van der Waals surface area contributed by atoms with Gasteiger partial charge in [-0.1, -0.05) is 13.3 Å². The van der Waals surface area contributed by atoms with Gasteiger partial charge in [0, 0.05) is 17.8 Å². The van der Waals surface area contributed by atoms with Crippen LogP contribution in [-0.4, -0.2) is 21.0 Å². The molecule has 15 heavy (non-hydrogen) atoms. The molecule has 1 aliphatic rings. The Bertz CT molecular complexity index is 379. The molecule has 0 aromatic carbocycles. The molecular weight excluding hydrogens is 192 g/mol. The van der Waals surface area contributed by atoms with Crippen LogP contribution in [0.3, 0.4) is 0 Å². The zero-order valence-corrected chi connectivity index (χ0v) is 8.68. The molecular formula is C11H14N2O2. The fraction of sp³-hybridized carbons (Fsp3) is 0.545. The van der Waals surface area contributed by atoms with Crippen LogP contribution in [0.15, 0.2) is 12.3 Å². The highest BCUT2D eigenvalue weighted by Crippen LogP contribution is 2.45. The lowest BCUT2D eigenvalue weighted by atomic mass is 10.2. The average molecular weight is 206 g/mol. The number of carboxylic acids is 1. The summed E-state index contributed by atoms with van der Waals surface area (Å²) in [4.78, 5) is 19.2. The zero-order chi connectivity index (χ0) is 10.8. The van der Waals surface area contributed by atoms with Crippen molar-refractivity contribution in [2.45, 2.75) is 32.1 Å². The van der Waals surface area contributed by atoms with Crippen LogP contribution >= 0.6 is 0 Å². The van der Waals surface area contributed by atoms with Crippen LogP contribution in [-0.2, 0) is 11.2 Å². The Morgan fingerprint density at radius 1 is 1.67 bits per heavy atom. The maximum absolute atomic E-state index is 10.7. The lowest BCUT2D eigenvalue weighted by Crippen LogP contribution is -2.02. The number of nitrogens with zero attached hydrogens (tertiary/aromatic N) is 2. The molecule has 2 rings (SSSR count). The Hall–Kier alpha value is -1.45. The molecule has 2 atom stereocenters. The van der Waals surface area contributed by atoms with Crippen molar-refractivity contribution in [3.05, 3.63) is 23.8 Å². The van der Waals surface area contributed by atoms with E-state index in [0.717, 1.165) is 18.5 Å². The lowest BCUT2D eigenvalue weighted by Gasteiger charge is -2.00. The fourth-order valence-corrected chi connectivity index (χ4v) is 1.74. The van der Waals surface area contributed by atoms with Crippen LogP contribution in [0.1, 0.15) is 37.2 Å². The van der Waals surface area contributed by atoms with Gasteiger partial charge in [-0.15, -0.1) is 0 Å². The molecule has 0 spiro atoms. The van der Waals surface area contributed by atoms with Gasteiger partial charge in [-0.25, -0.2) is 9.97 Å². The number of carboxylic acid groups (broad SMARTS) is 1. The number of hydrogen-bond acceptors (Lipinski definition) is 3. The molecule has 1 aromatic heterocycles. The highest BCUT2D eigenvalue weighted by Gasteiger charge is 2.46. The van der Waals surface area contributed by atoms with Crippen molar-refractivity contribution in [3.63, 3.8) is 0 Å². The Morgan fingerprint density at radius 3 is 3.07 bits per heavy atom. The smallest absolute Gasteiger partial charge is 0.307 e. The summed E-state index contributed by atoms with van der Waals surface area (Å²) in [6.07, 6.45) is 4.39. The lowest BCUT2D eigenvalue weighted by molar-refractivity contribution is -0.138. The van der Waals surface area contributed by atoms with E-state index in [4.69, 9.17) is 5.11 Å². The normalized spacial score (nSPS) is 23.8. The second kappa shape index (κ2) is 3.96.